The highest BCUT2D eigenvalue weighted by atomic mass is 79.9. The number of aliphatic hydroxyl groups excluding tert-OH is 1. The topological polar surface area (TPSA) is 33.1 Å². The molecule has 2 rings (SSSR count). The fourth-order valence-electron chi connectivity index (χ4n) is 1.64. The minimum absolute atomic E-state index is 0.142. The number of thiophene rings is 1. The molecule has 2 heterocycles. The van der Waals surface area contributed by atoms with Gasteiger partial charge in [-0.2, -0.15) is 0 Å². The molecule has 0 saturated carbocycles. The predicted octanol–water partition coefficient (Wildman–Crippen LogP) is 4.37. The van der Waals surface area contributed by atoms with Gasteiger partial charge in [-0.25, -0.2) is 4.98 Å². The van der Waals surface area contributed by atoms with Gasteiger partial charge < -0.3 is 5.11 Å². The van der Waals surface area contributed by atoms with Gasteiger partial charge >= 0.3 is 0 Å². The van der Waals surface area contributed by atoms with Crippen molar-refractivity contribution in [2.75, 3.05) is 6.61 Å². The molecule has 0 aromatic carbocycles. The van der Waals surface area contributed by atoms with E-state index in [1.807, 2.05) is 0 Å². The maximum atomic E-state index is 9.39. The molecule has 1 atom stereocenters. The van der Waals surface area contributed by atoms with E-state index in [2.05, 4.69) is 51.6 Å². The van der Waals surface area contributed by atoms with E-state index < -0.39 is 0 Å². The molecule has 2 aromatic rings. The van der Waals surface area contributed by atoms with Gasteiger partial charge in [0, 0.05) is 21.2 Å². The van der Waals surface area contributed by atoms with Crippen molar-refractivity contribution in [2.24, 2.45) is 5.92 Å². The van der Waals surface area contributed by atoms with E-state index in [1.54, 1.807) is 22.7 Å². The number of hydrogen-bond acceptors (Lipinski definition) is 4. The summed E-state index contributed by atoms with van der Waals surface area (Å²) in [5.41, 5.74) is 1.01. The van der Waals surface area contributed by atoms with E-state index in [4.69, 9.17) is 0 Å². The Bertz CT molecular complexity index is 492. The SMILES string of the molecule is CC(C)C(CO)c1csc(-c2cc(Br)cs2)n1. The predicted molar refractivity (Wildman–Crippen MR) is 77.8 cm³/mol. The first-order valence-corrected chi connectivity index (χ1v) is 7.97. The lowest BCUT2D eigenvalue weighted by Gasteiger charge is -2.15. The van der Waals surface area contributed by atoms with Crippen LogP contribution in [-0.4, -0.2) is 16.7 Å². The summed E-state index contributed by atoms with van der Waals surface area (Å²) in [6.07, 6.45) is 0. The lowest BCUT2D eigenvalue weighted by molar-refractivity contribution is 0.235. The molecule has 2 aromatic heterocycles. The number of aromatic nitrogens is 1. The Morgan fingerprint density at radius 2 is 2.12 bits per heavy atom. The summed E-state index contributed by atoms with van der Waals surface area (Å²) in [6, 6.07) is 2.08. The zero-order valence-corrected chi connectivity index (χ0v) is 12.9. The van der Waals surface area contributed by atoms with Crippen molar-refractivity contribution in [1.82, 2.24) is 4.98 Å². The van der Waals surface area contributed by atoms with Gasteiger partial charge in [0.2, 0.25) is 0 Å². The molecule has 5 heteroatoms. The molecule has 92 valence electrons. The molecule has 1 N–H and O–H groups in total. The van der Waals surface area contributed by atoms with Gasteiger partial charge in [-0.3, -0.25) is 0 Å². The molecular formula is C12H14BrNOS2. The lowest BCUT2D eigenvalue weighted by atomic mass is 9.94. The summed E-state index contributed by atoms with van der Waals surface area (Å²) < 4.78 is 1.09. The summed E-state index contributed by atoms with van der Waals surface area (Å²) in [5, 5.41) is 14.5. The molecule has 0 saturated heterocycles. The Morgan fingerprint density at radius 1 is 1.35 bits per heavy atom. The van der Waals surface area contributed by atoms with Gasteiger partial charge in [0.05, 0.1) is 17.2 Å². The summed E-state index contributed by atoms with van der Waals surface area (Å²) in [4.78, 5) is 5.81. The number of hydrogen-bond donors (Lipinski definition) is 1. The second kappa shape index (κ2) is 5.61. The fraction of sp³-hybridized carbons (Fsp3) is 0.417. The summed E-state index contributed by atoms with van der Waals surface area (Å²) in [7, 11) is 0. The molecule has 0 aliphatic heterocycles. The fourth-order valence-corrected chi connectivity index (χ4v) is 4.03. The van der Waals surface area contributed by atoms with Gasteiger partial charge in [-0.15, -0.1) is 22.7 Å². The highest BCUT2D eigenvalue weighted by molar-refractivity contribution is 9.10. The summed E-state index contributed by atoms with van der Waals surface area (Å²) in [6.45, 7) is 4.39. The zero-order valence-electron chi connectivity index (χ0n) is 9.68. The lowest BCUT2D eigenvalue weighted by Crippen LogP contribution is -2.11. The molecule has 1 unspecified atom stereocenters. The number of aliphatic hydroxyl groups is 1. The van der Waals surface area contributed by atoms with E-state index in [-0.39, 0.29) is 12.5 Å². The first-order valence-electron chi connectivity index (χ1n) is 5.42. The van der Waals surface area contributed by atoms with Crippen molar-refractivity contribution < 1.29 is 5.11 Å². The van der Waals surface area contributed by atoms with Crippen LogP contribution in [0.5, 0.6) is 0 Å². The molecule has 0 bridgehead atoms. The monoisotopic (exact) mass is 331 g/mol. The second-order valence-corrected chi connectivity index (χ2v) is 6.92. The molecule has 0 fully saturated rings. The van der Waals surface area contributed by atoms with E-state index >= 15 is 0 Å². The van der Waals surface area contributed by atoms with Crippen LogP contribution >= 0.6 is 38.6 Å². The van der Waals surface area contributed by atoms with Crippen LogP contribution in [0, 0.1) is 5.92 Å². The Hall–Kier alpha value is -0.230. The summed E-state index contributed by atoms with van der Waals surface area (Å²) in [5.74, 6) is 0.549. The van der Waals surface area contributed by atoms with Crippen molar-refractivity contribution in [3.63, 3.8) is 0 Å². The number of nitrogens with zero attached hydrogens (tertiary/aromatic N) is 1. The third kappa shape index (κ3) is 2.96. The quantitative estimate of drug-likeness (QED) is 0.902. The third-order valence-corrected chi connectivity index (χ3v) is 5.40. The largest absolute Gasteiger partial charge is 0.396 e. The maximum absolute atomic E-state index is 9.39. The van der Waals surface area contributed by atoms with Crippen LogP contribution in [0.25, 0.3) is 9.88 Å². The van der Waals surface area contributed by atoms with Crippen LogP contribution < -0.4 is 0 Å². The average Bonchev–Trinajstić information content (AvgIpc) is 2.87. The Balaban J connectivity index is 2.26. The van der Waals surface area contributed by atoms with Gasteiger partial charge in [-0.1, -0.05) is 13.8 Å². The van der Waals surface area contributed by atoms with Crippen molar-refractivity contribution in [1.29, 1.82) is 0 Å². The summed E-state index contributed by atoms with van der Waals surface area (Å²) >= 11 is 6.78. The second-order valence-electron chi connectivity index (χ2n) is 4.24. The Kier molecular flexibility index (Phi) is 4.36. The van der Waals surface area contributed by atoms with Crippen LogP contribution in [0.3, 0.4) is 0 Å². The number of rotatable bonds is 4. The number of thiazole rings is 1. The van der Waals surface area contributed by atoms with E-state index in [0.29, 0.717) is 5.92 Å². The standard InChI is InChI=1S/C12H14BrNOS2/c1-7(2)9(4-15)10-6-17-12(14-10)11-3-8(13)5-16-11/h3,5-7,9,15H,4H2,1-2H3. The molecule has 0 aliphatic rings. The highest BCUT2D eigenvalue weighted by Crippen LogP contribution is 2.34. The smallest absolute Gasteiger partial charge is 0.133 e. The molecule has 17 heavy (non-hydrogen) atoms. The van der Waals surface area contributed by atoms with Crippen molar-refractivity contribution in [2.45, 2.75) is 19.8 Å². The minimum Gasteiger partial charge on any atom is -0.396 e. The number of halogens is 1. The van der Waals surface area contributed by atoms with Crippen LogP contribution in [0.1, 0.15) is 25.5 Å². The Labute approximate surface area is 117 Å². The molecule has 0 amide bonds. The maximum Gasteiger partial charge on any atom is 0.133 e. The van der Waals surface area contributed by atoms with Crippen molar-refractivity contribution >= 4 is 38.6 Å². The van der Waals surface area contributed by atoms with Gasteiger partial charge in [0.1, 0.15) is 5.01 Å². The van der Waals surface area contributed by atoms with E-state index in [0.717, 1.165) is 15.2 Å². The molecule has 0 spiro atoms. The van der Waals surface area contributed by atoms with Crippen molar-refractivity contribution in [3.8, 4) is 9.88 Å². The first-order chi connectivity index (χ1) is 8.11. The first kappa shape index (κ1) is 13.2. The molecular weight excluding hydrogens is 318 g/mol. The van der Waals surface area contributed by atoms with Gasteiger partial charge in [-0.05, 0) is 27.9 Å². The van der Waals surface area contributed by atoms with Crippen LogP contribution in [0.2, 0.25) is 0 Å². The minimum atomic E-state index is 0.142. The Morgan fingerprint density at radius 3 is 2.65 bits per heavy atom. The molecule has 0 radical (unpaired) electrons. The van der Waals surface area contributed by atoms with E-state index in [1.165, 1.54) is 4.88 Å². The van der Waals surface area contributed by atoms with Crippen LogP contribution in [0.15, 0.2) is 21.3 Å². The van der Waals surface area contributed by atoms with Crippen LogP contribution in [0.4, 0.5) is 0 Å². The van der Waals surface area contributed by atoms with E-state index in [9.17, 15) is 5.11 Å². The van der Waals surface area contributed by atoms with Gasteiger partial charge in [0.15, 0.2) is 0 Å². The average molecular weight is 332 g/mol. The third-order valence-electron chi connectivity index (χ3n) is 2.68. The van der Waals surface area contributed by atoms with Gasteiger partial charge in [0.25, 0.3) is 0 Å². The molecule has 2 nitrogen and oxygen atoms in total. The zero-order chi connectivity index (χ0) is 12.4. The molecule has 0 aliphatic carbocycles. The normalized spacial score (nSPS) is 13.2. The van der Waals surface area contributed by atoms with Crippen LogP contribution in [-0.2, 0) is 0 Å². The van der Waals surface area contributed by atoms with Crippen molar-refractivity contribution in [3.05, 3.63) is 27.0 Å². The highest BCUT2D eigenvalue weighted by Gasteiger charge is 2.18.